The van der Waals surface area contributed by atoms with Crippen LogP contribution in [0.1, 0.15) is 32.8 Å². The number of nitrogens with one attached hydrogen (secondary N) is 1. The molecule has 19 heavy (non-hydrogen) atoms. The predicted octanol–water partition coefficient (Wildman–Crippen LogP) is 3.63. The summed E-state index contributed by atoms with van der Waals surface area (Å²) in [6, 6.07) is 7.41. The molecule has 0 saturated heterocycles. The molecule has 0 spiro atoms. The van der Waals surface area contributed by atoms with Crippen LogP contribution in [0.25, 0.3) is 0 Å². The Morgan fingerprint density at radius 1 is 1.21 bits per heavy atom. The van der Waals surface area contributed by atoms with E-state index in [-0.39, 0.29) is 17.9 Å². The minimum atomic E-state index is -4.55. The van der Waals surface area contributed by atoms with E-state index in [1.807, 2.05) is 0 Å². The molecule has 1 N–H and O–H groups in total. The van der Waals surface area contributed by atoms with E-state index in [2.05, 4.69) is 5.32 Å². The Kier molecular flexibility index (Phi) is 4.61. The third-order valence-electron chi connectivity index (χ3n) is 2.90. The fourth-order valence-corrected chi connectivity index (χ4v) is 1.78. The van der Waals surface area contributed by atoms with Crippen molar-refractivity contribution in [3.63, 3.8) is 0 Å². The SMILES string of the molecule is CC(C)CC(=O)N[C@](C)(c1ccccc1)C(F)(F)F. The first-order valence-corrected chi connectivity index (χ1v) is 6.10. The van der Waals surface area contributed by atoms with Crippen molar-refractivity contribution in [2.24, 2.45) is 5.92 Å². The van der Waals surface area contributed by atoms with Crippen molar-refractivity contribution in [3.05, 3.63) is 35.9 Å². The number of halogens is 3. The van der Waals surface area contributed by atoms with Crippen LogP contribution in [-0.2, 0) is 10.3 Å². The summed E-state index contributed by atoms with van der Waals surface area (Å²) in [5.74, 6) is -0.591. The minimum absolute atomic E-state index is 0.00765. The van der Waals surface area contributed by atoms with Gasteiger partial charge < -0.3 is 5.32 Å². The molecule has 0 heterocycles. The van der Waals surface area contributed by atoms with Crippen LogP contribution in [0.3, 0.4) is 0 Å². The molecule has 1 atom stereocenters. The first kappa shape index (κ1) is 15.5. The van der Waals surface area contributed by atoms with Gasteiger partial charge in [-0.2, -0.15) is 13.2 Å². The molecule has 1 rings (SSSR count). The molecule has 0 fully saturated rings. The fourth-order valence-electron chi connectivity index (χ4n) is 1.78. The monoisotopic (exact) mass is 273 g/mol. The molecule has 5 heteroatoms. The predicted molar refractivity (Wildman–Crippen MR) is 67.4 cm³/mol. The summed E-state index contributed by atoms with van der Waals surface area (Å²) in [6.45, 7) is 4.56. The van der Waals surface area contributed by atoms with Gasteiger partial charge in [-0.15, -0.1) is 0 Å². The van der Waals surface area contributed by atoms with Crippen molar-refractivity contribution in [2.75, 3.05) is 0 Å². The van der Waals surface area contributed by atoms with Crippen molar-refractivity contribution >= 4 is 5.91 Å². The molecule has 1 aromatic rings. The molecule has 2 nitrogen and oxygen atoms in total. The maximum Gasteiger partial charge on any atom is 0.415 e. The second-order valence-corrected chi connectivity index (χ2v) is 5.13. The second kappa shape index (κ2) is 5.63. The van der Waals surface area contributed by atoms with Gasteiger partial charge >= 0.3 is 6.18 Å². The topological polar surface area (TPSA) is 29.1 Å². The van der Waals surface area contributed by atoms with E-state index in [0.717, 1.165) is 6.92 Å². The van der Waals surface area contributed by atoms with Gasteiger partial charge in [0.15, 0.2) is 5.54 Å². The summed E-state index contributed by atoms with van der Waals surface area (Å²) in [7, 11) is 0. The van der Waals surface area contributed by atoms with E-state index < -0.39 is 17.6 Å². The smallest absolute Gasteiger partial charge is 0.339 e. The largest absolute Gasteiger partial charge is 0.415 e. The molecule has 0 saturated carbocycles. The number of rotatable bonds is 4. The highest BCUT2D eigenvalue weighted by Crippen LogP contribution is 2.38. The quantitative estimate of drug-likeness (QED) is 0.891. The van der Waals surface area contributed by atoms with Crippen LogP contribution in [0.2, 0.25) is 0 Å². The van der Waals surface area contributed by atoms with Crippen LogP contribution in [-0.4, -0.2) is 12.1 Å². The Morgan fingerprint density at radius 3 is 2.16 bits per heavy atom. The zero-order chi connectivity index (χ0) is 14.7. The van der Waals surface area contributed by atoms with E-state index >= 15 is 0 Å². The van der Waals surface area contributed by atoms with Gasteiger partial charge in [-0.05, 0) is 18.4 Å². The Hall–Kier alpha value is -1.52. The van der Waals surface area contributed by atoms with E-state index in [9.17, 15) is 18.0 Å². The molecule has 0 aliphatic rings. The summed E-state index contributed by atoms with van der Waals surface area (Å²) in [5, 5.41) is 2.12. The van der Waals surface area contributed by atoms with Crippen molar-refractivity contribution in [1.82, 2.24) is 5.32 Å². The molecular weight excluding hydrogens is 255 g/mol. The maximum absolute atomic E-state index is 13.3. The number of hydrogen-bond donors (Lipinski definition) is 1. The lowest BCUT2D eigenvalue weighted by Gasteiger charge is -2.33. The summed E-state index contributed by atoms with van der Waals surface area (Å²) >= 11 is 0. The van der Waals surface area contributed by atoms with Gasteiger partial charge in [0.05, 0.1) is 0 Å². The molecule has 1 aromatic carbocycles. The molecule has 0 aliphatic heterocycles. The third-order valence-corrected chi connectivity index (χ3v) is 2.90. The number of carbonyl (C=O) groups excluding carboxylic acids is 1. The van der Waals surface area contributed by atoms with Crippen LogP contribution in [0.15, 0.2) is 30.3 Å². The summed E-state index contributed by atoms with van der Waals surface area (Å²) in [4.78, 5) is 11.7. The van der Waals surface area contributed by atoms with Crippen LogP contribution < -0.4 is 5.32 Å². The molecule has 0 radical (unpaired) electrons. The lowest BCUT2D eigenvalue weighted by Crippen LogP contribution is -2.54. The third kappa shape index (κ3) is 3.72. The number of benzene rings is 1. The molecule has 1 amide bonds. The standard InChI is InChI=1S/C14H18F3NO/c1-10(2)9-12(19)18-13(3,14(15,16)17)11-7-5-4-6-8-11/h4-8,10H,9H2,1-3H3,(H,18,19)/t13-/m1/s1. The highest BCUT2D eigenvalue weighted by molar-refractivity contribution is 5.77. The van der Waals surface area contributed by atoms with Gasteiger partial charge in [0, 0.05) is 6.42 Å². The highest BCUT2D eigenvalue weighted by Gasteiger charge is 2.53. The second-order valence-electron chi connectivity index (χ2n) is 5.13. The molecule has 106 valence electrons. The summed E-state index contributed by atoms with van der Waals surface area (Å²) in [5.41, 5.74) is -2.33. The zero-order valence-corrected chi connectivity index (χ0v) is 11.2. The summed E-state index contributed by atoms with van der Waals surface area (Å²) < 4.78 is 39.8. The van der Waals surface area contributed by atoms with Crippen LogP contribution in [0, 0.1) is 5.92 Å². The number of alkyl halides is 3. The molecule has 0 bridgehead atoms. The van der Waals surface area contributed by atoms with Gasteiger partial charge in [0.25, 0.3) is 0 Å². The van der Waals surface area contributed by atoms with Crippen molar-refractivity contribution < 1.29 is 18.0 Å². The summed E-state index contributed by atoms with van der Waals surface area (Å²) in [6.07, 6.45) is -4.49. The van der Waals surface area contributed by atoms with Crippen molar-refractivity contribution in [1.29, 1.82) is 0 Å². The Morgan fingerprint density at radius 2 is 1.74 bits per heavy atom. The Bertz CT molecular complexity index is 428. The lowest BCUT2D eigenvalue weighted by molar-refractivity contribution is -0.197. The van der Waals surface area contributed by atoms with Gasteiger partial charge in [0.1, 0.15) is 0 Å². The van der Waals surface area contributed by atoms with Crippen molar-refractivity contribution in [2.45, 2.75) is 38.9 Å². The van der Waals surface area contributed by atoms with E-state index in [4.69, 9.17) is 0 Å². The van der Waals surface area contributed by atoms with Gasteiger partial charge in [-0.1, -0.05) is 44.2 Å². The fraction of sp³-hybridized carbons (Fsp3) is 0.500. The number of carbonyl (C=O) groups is 1. The first-order chi connectivity index (χ1) is 8.67. The lowest BCUT2D eigenvalue weighted by atomic mass is 9.90. The minimum Gasteiger partial charge on any atom is -0.339 e. The highest BCUT2D eigenvalue weighted by atomic mass is 19.4. The molecule has 0 unspecified atom stereocenters. The number of amides is 1. The van der Waals surface area contributed by atoms with Crippen LogP contribution in [0.4, 0.5) is 13.2 Å². The molecule has 0 aliphatic carbocycles. The average molecular weight is 273 g/mol. The van der Waals surface area contributed by atoms with E-state index in [0.29, 0.717) is 0 Å². The van der Waals surface area contributed by atoms with Gasteiger partial charge in [-0.25, -0.2) is 0 Å². The van der Waals surface area contributed by atoms with Crippen molar-refractivity contribution in [3.8, 4) is 0 Å². The van der Waals surface area contributed by atoms with Crippen LogP contribution in [0.5, 0.6) is 0 Å². The van der Waals surface area contributed by atoms with Gasteiger partial charge in [0.2, 0.25) is 5.91 Å². The maximum atomic E-state index is 13.3. The Balaban J connectivity index is 3.06. The molecule has 0 aromatic heterocycles. The normalized spacial score (nSPS) is 15.1. The number of hydrogen-bond acceptors (Lipinski definition) is 1. The average Bonchev–Trinajstić information content (AvgIpc) is 2.27. The van der Waals surface area contributed by atoms with E-state index in [1.54, 1.807) is 19.9 Å². The first-order valence-electron chi connectivity index (χ1n) is 6.10. The Labute approximate surface area is 111 Å². The zero-order valence-electron chi connectivity index (χ0n) is 11.2. The molecular formula is C14H18F3NO. The van der Waals surface area contributed by atoms with E-state index in [1.165, 1.54) is 24.3 Å². The van der Waals surface area contributed by atoms with Crippen LogP contribution >= 0.6 is 0 Å². The van der Waals surface area contributed by atoms with Gasteiger partial charge in [-0.3, -0.25) is 4.79 Å².